The summed E-state index contributed by atoms with van der Waals surface area (Å²) >= 11 is 6.38. The molecule has 0 N–H and O–H groups in total. The molecule has 1 fully saturated rings. The first-order chi connectivity index (χ1) is 6.74. The maximum Gasteiger partial charge on any atom is 0.0158 e. The number of nitrogens with zero attached hydrogens (tertiary/aromatic N) is 1. The lowest BCUT2D eigenvalue weighted by Crippen LogP contribution is -2.41. The van der Waals surface area contributed by atoms with Crippen LogP contribution in [0.1, 0.15) is 26.7 Å². The Balaban J connectivity index is 2.15. The molecule has 1 nitrogen and oxygen atoms in total. The van der Waals surface area contributed by atoms with E-state index in [4.69, 9.17) is 0 Å². The quantitative estimate of drug-likeness (QED) is 0.727. The van der Waals surface area contributed by atoms with Gasteiger partial charge in [-0.1, -0.05) is 6.92 Å². The average molecular weight is 233 g/mol. The molecule has 3 heteroatoms. The molecule has 0 aliphatic carbocycles. The molecule has 0 radical (unpaired) electrons. The summed E-state index contributed by atoms with van der Waals surface area (Å²) in [6.07, 6.45) is 2.61. The van der Waals surface area contributed by atoms with Gasteiger partial charge in [-0.3, -0.25) is 4.90 Å². The Labute approximate surface area is 98.4 Å². The fourth-order valence-electron chi connectivity index (χ4n) is 1.84. The molecule has 2 atom stereocenters. The zero-order valence-electron chi connectivity index (χ0n) is 9.41. The maximum absolute atomic E-state index is 4.28. The zero-order chi connectivity index (χ0) is 10.4. The molecule has 1 aliphatic rings. The minimum atomic E-state index is 0.789. The molecule has 1 saturated heterocycles. The molecule has 14 heavy (non-hydrogen) atoms. The van der Waals surface area contributed by atoms with Gasteiger partial charge in [0.15, 0.2) is 0 Å². The van der Waals surface area contributed by atoms with Crippen molar-refractivity contribution in [2.24, 2.45) is 5.92 Å². The lowest BCUT2D eigenvalue weighted by Gasteiger charge is -2.33. The van der Waals surface area contributed by atoms with Crippen molar-refractivity contribution in [3.63, 3.8) is 0 Å². The van der Waals surface area contributed by atoms with Crippen molar-refractivity contribution in [1.29, 1.82) is 0 Å². The summed E-state index contributed by atoms with van der Waals surface area (Å²) in [6.45, 7) is 7.28. The Morgan fingerprint density at radius 2 is 2.29 bits per heavy atom. The number of thiol groups is 1. The molecule has 1 rings (SSSR count). The zero-order valence-corrected chi connectivity index (χ0v) is 11.1. The Morgan fingerprint density at radius 1 is 1.50 bits per heavy atom. The van der Waals surface area contributed by atoms with Gasteiger partial charge >= 0.3 is 0 Å². The number of hydrogen-bond acceptors (Lipinski definition) is 3. The Bertz CT molecular complexity index is 152. The minimum Gasteiger partial charge on any atom is -0.299 e. The van der Waals surface area contributed by atoms with Crippen LogP contribution in [0.25, 0.3) is 0 Å². The monoisotopic (exact) mass is 233 g/mol. The van der Waals surface area contributed by atoms with E-state index in [1.54, 1.807) is 0 Å². The third-order valence-electron chi connectivity index (χ3n) is 3.04. The highest BCUT2D eigenvalue weighted by Crippen LogP contribution is 2.18. The van der Waals surface area contributed by atoms with Crippen LogP contribution in [0.3, 0.4) is 0 Å². The van der Waals surface area contributed by atoms with E-state index in [9.17, 15) is 0 Å². The number of thioether (sulfide) groups is 1. The van der Waals surface area contributed by atoms with Crippen molar-refractivity contribution >= 4 is 24.4 Å². The third kappa shape index (κ3) is 4.45. The molecule has 1 heterocycles. The molecule has 84 valence electrons. The summed E-state index contributed by atoms with van der Waals surface area (Å²) in [7, 11) is 0. The van der Waals surface area contributed by atoms with Crippen LogP contribution in [0.5, 0.6) is 0 Å². The molecule has 0 aromatic heterocycles. The summed E-state index contributed by atoms with van der Waals surface area (Å²) in [5.41, 5.74) is 0. The van der Waals surface area contributed by atoms with E-state index < -0.39 is 0 Å². The van der Waals surface area contributed by atoms with Crippen molar-refractivity contribution in [3.05, 3.63) is 0 Å². The van der Waals surface area contributed by atoms with Crippen LogP contribution in [0.2, 0.25) is 0 Å². The van der Waals surface area contributed by atoms with E-state index in [1.165, 1.54) is 37.4 Å². The summed E-state index contributed by atoms with van der Waals surface area (Å²) < 4.78 is 0. The van der Waals surface area contributed by atoms with Crippen LogP contribution in [0, 0.1) is 5.92 Å². The van der Waals surface area contributed by atoms with E-state index in [0.717, 1.165) is 17.7 Å². The summed E-state index contributed by atoms with van der Waals surface area (Å²) in [5, 5.41) is 0. The highest BCUT2D eigenvalue weighted by atomic mass is 32.2. The second-order valence-electron chi connectivity index (χ2n) is 4.37. The third-order valence-corrected chi connectivity index (χ3v) is 4.48. The maximum atomic E-state index is 4.28. The lowest BCUT2D eigenvalue weighted by atomic mass is 10.0. The van der Waals surface area contributed by atoms with E-state index >= 15 is 0 Å². The molecule has 1 aliphatic heterocycles. The second kappa shape index (κ2) is 7.02. The van der Waals surface area contributed by atoms with E-state index in [0.29, 0.717) is 0 Å². The molecular weight excluding hydrogens is 210 g/mol. The van der Waals surface area contributed by atoms with Crippen LogP contribution in [0.15, 0.2) is 0 Å². The van der Waals surface area contributed by atoms with Crippen LogP contribution < -0.4 is 0 Å². The average Bonchev–Trinajstić information content (AvgIpc) is 2.17. The minimum absolute atomic E-state index is 0.789. The largest absolute Gasteiger partial charge is 0.299 e. The van der Waals surface area contributed by atoms with Gasteiger partial charge < -0.3 is 0 Å². The van der Waals surface area contributed by atoms with Crippen LogP contribution in [0.4, 0.5) is 0 Å². The van der Waals surface area contributed by atoms with Crippen LogP contribution in [-0.2, 0) is 0 Å². The molecular formula is C11H23NS2. The van der Waals surface area contributed by atoms with Crippen molar-refractivity contribution < 1.29 is 0 Å². The molecule has 0 bridgehead atoms. The first-order valence-corrected chi connectivity index (χ1v) is 7.45. The Morgan fingerprint density at radius 3 is 2.93 bits per heavy atom. The molecule has 0 spiro atoms. The van der Waals surface area contributed by atoms with E-state index in [2.05, 4.69) is 43.1 Å². The van der Waals surface area contributed by atoms with Crippen molar-refractivity contribution in [1.82, 2.24) is 4.90 Å². The van der Waals surface area contributed by atoms with Crippen molar-refractivity contribution in [3.8, 4) is 0 Å². The Hall–Kier alpha value is 0.660. The SMILES string of the molecule is CC(CCS)CCN1CCSCC1C. The topological polar surface area (TPSA) is 3.24 Å². The van der Waals surface area contributed by atoms with Crippen molar-refractivity contribution in [2.75, 3.05) is 30.3 Å². The van der Waals surface area contributed by atoms with Gasteiger partial charge in [-0.25, -0.2) is 0 Å². The van der Waals surface area contributed by atoms with Gasteiger partial charge in [0.2, 0.25) is 0 Å². The van der Waals surface area contributed by atoms with E-state index in [-0.39, 0.29) is 0 Å². The predicted octanol–water partition coefficient (Wildman–Crippen LogP) is 2.77. The summed E-state index contributed by atoms with van der Waals surface area (Å²) in [6, 6.07) is 0.789. The fourth-order valence-corrected chi connectivity index (χ4v) is 3.37. The smallest absolute Gasteiger partial charge is 0.0158 e. The molecule has 0 aromatic rings. The molecule has 2 unspecified atom stereocenters. The van der Waals surface area contributed by atoms with Crippen LogP contribution in [-0.4, -0.2) is 41.3 Å². The fraction of sp³-hybridized carbons (Fsp3) is 1.00. The van der Waals surface area contributed by atoms with Gasteiger partial charge in [0.1, 0.15) is 0 Å². The Kier molecular flexibility index (Phi) is 6.38. The van der Waals surface area contributed by atoms with Crippen molar-refractivity contribution in [2.45, 2.75) is 32.7 Å². The summed E-state index contributed by atoms with van der Waals surface area (Å²) in [5.74, 6) is 4.52. The normalized spacial score (nSPS) is 26.4. The highest BCUT2D eigenvalue weighted by Gasteiger charge is 2.18. The molecule has 0 aromatic carbocycles. The van der Waals surface area contributed by atoms with Gasteiger partial charge in [-0.05, 0) is 38.0 Å². The van der Waals surface area contributed by atoms with Gasteiger partial charge in [-0.2, -0.15) is 24.4 Å². The van der Waals surface area contributed by atoms with Gasteiger partial charge in [-0.15, -0.1) is 0 Å². The van der Waals surface area contributed by atoms with Gasteiger partial charge in [0.25, 0.3) is 0 Å². The first kappa shape index (κ1) is 12.7. The van der Waals surface area contributed by atoms with Crippen LogP contribution >= 0.6 is 24.4 Å². The van der Waals surface area contributed by atoms with E-state index in [1.807, 2.05) is 0 Å². The second-order valence-corrected chi connectivity index (χ2v) is 5.96. The lowest BCUT2D eigenvalue weighted by molar-refractivity contribution is 0.216. The number of hydrogen-bond donors (Lipinski definition) is 1. The van der Waals surface area contributed by atoms with Gasteiger partial charge in [0, 0.05) is 24.1 Å². The highest BCUT2D eigenvalue weighted by molar-refractivity contribution is 7.99. The van der Waals surface area contributed by atoms with Gasteiger partial charge in [0.05, 0.1) is 0 Å². The standard InChI is InChI=1S/C11H23NS2/c1-10(4-7-13)3-5-12-6-8-14-9-11(12)2/h10-11,13H,3-9H2,1-2H3. The molecule has 0 amide bonds. The predicted molar refractivity (Wildman–Crippen MR) is 70.6 cm³/mol. The number of rotatable bonds is 5. The summed E-state index contributed by atoms with van der Waals surface area (Å²) in [4.78, 5) is 2.64. The molecule has 0 saturated carbocycles. The first-order valence-electron chi connectivity index (χ1n) is 5.66.